The first-order valence-electron chi connectivity index (χ1n) is 11.8. The van der Waals surface area contributed by atoms with E-state index in [0.717, 1.165) is 28.5 Å². The first-order chi connectivity index (χ1) is 17.2. The number of ether oxygens (including phenoxy) is 1. The summed E-state index contributed by atoms with van der Waals surface area (Å²) in [6.07, 6.45) is 2.14. The van der Waals surface area contributed by atoms with Crippen molar-refractivity contribution in [3.8, 4) is 5.75 Å². The number of hydrogen-bond acceptors (Lipinski definition) is 4. The van der Waals surface area contributed by atoms with Crippen LogP contribution in [0.2, 0.25) is 10.0 Å². The molecule has 0 fully saturated rings. The van der Waals surface area contributed by atoms with Crippen LogP contribution in [0.15, 0.2) is 77.7 Å². The van der Waals surface area contributed by atoms with Gasteiger partial charge in [0.2, 0.25) is 5.91 Å². The molecule has 0 radical (unpaired) electrons. The molecule has 3 aromatic carbocycles. The third-order valence-electron chi connectivity index (χ3n) is 6.63. The van der Waals surface area contributed by atoms with Crippen LogP contribution in [0.3, 0.4) is 0 Å². The molecule has 1 unspecified atom stereocenters. The number of fused-ring (bicyclic) bond motifs is 1. The van der Waals surface area contributed by atoms with Gasteiger partial charge in [-0.05, 0) is 49.2 Å². The number of carbonyl (C=O) groups excluding carboxylic acids is 1. The highest BCUT2D eigenvalue weighted by Crippen LogP contribution is 2.42. The highest BCUT2D eigenvalue weighted by atomic mass is 35.5. The van der Waals surface area contributed by atoms with E-state index in [1.807, 2.05) is 24.3 Å². The zero-order chi connectivity index (χ0) is 25.9. The van der Waals surface area contributed by atoms with E-state index in [2.05, 4.69) is 19.2 Å². The summed E-state index contributed by atoms with van der Waals surface area (Å²) in [5.74, 6) is 0.291. The monoisotopic (exact) mass is 546 g/mol. The predicted octanol–water partition coefficient (Wildman–Crippen LogP) is 6.39. The molecule has 6 nitrogen and oxygen atoms in total. The molecule has 1 amide bonds. The summed E-state index contributed by atoms with van der Waals surface area (Å²) in [4.78, 5) is 13.5. The number of para-hydroxylation sites is 1. The first kappa shape index (κ1) is 26.3. The Bertz CT molecular complexity index is 1340. The van der Waals surface area contributed by atoms with Crippen LogP contribution in [0.4, 0.5) is 5.69 Å². The minimum atomic E-state index is -4.07. The number of hydrogen-bond donors (Lipinski definition) is 1. The Hall–Kier alpha value is -2.74. The Morgan fingerprint density at radius 2 is 1.67 bits per heavy atom. The van der Waals surface area contributed by atoms with E-state index in [9.17, 15) is 13.2 Å². The van der Waals surface area contributed by atoms with Crippen LogP contribution in [0, 0.1) is 0 Å². The lowest BCUT2D eigenvalue weighted by Crippen LogP contribution is -2.47. The van der Waals surface area contributed by atoms with E-state index < -0.39 is 28.1 Å². The second kappa shape index (κ2) is 10.7. The number of anilines is 1. The van der Waals surface area contributed by atoms with Crippen molar-refractivity contribution in [2.24, 2.45) is 0 Å². The van der Waals surface area contributed by atoms with Gasteiger partial charge in [0.05, 0.1) is 26.7 Å². The number of halogens is 2. The van der Waals surface area contributed by atoms with Crippen LogP contribution in [0.25, 0.3) is 0 Å². The molecule has 190 valence electrons. The lowest BCUT2D eigenvalue weighted by molar-refractivity contribution is -0.121. The van der Waals surface area contributed by atoms with E-state index in [4.69, 9.17) is 27.9 Å². The molecule has 0 aliphatic carbocycles. The van der Waals surface area contributed by atoms with Crippen molar-refractivity contribution >= 4 is 44.8 Å². The average molecular weight is 548 g/mol. The number of nitrogens with zero attached hydrogens (tertiary/aromatic N) is 1. The number of sulfonamides is 1. The van der Waals surface area contributed by atoms with Gasteiger partial charge in [-0.1, -0.05) is 73.4 Å². The van der Waals surface area contributed by atoms with Crippen LogP contribution in [0.5, 0.6) is 5.75 Å². The summed E-state index contributed by atoms with van der Waals surface area (Å²) < 4.78 is 34.6. The van der Waals surface area contributed by atoms with Gasteiger partial charge >= 0.3 is 0 Å². The van der Waals surface area contributed by atoms with E-state index >= 15 is 0 Å². The summed E-state index contributed by atoms with van der Waals surface area (Å²) in [6, 6.07) is 19.8. The third kappa shape index (κ3) is 5.33. The summed E-state index contributed by atoms with van der Waals surface area (Å²) in [5.41, 5.74) is 0.703. The van der Waals surface area contributed by atoms with Crippen molar-refractivity contribution in [3.63, 3.8) is 0 Å². The summed E-state index contributed by atoms with van der Waals surface area (Å²) in [5, 5.41) is 3.54. The number of benzene rings is 3. The first-order valence-corrected chi connectivity index (χ1v) is 14.0. The van der Waals surface area contributed by atoms with Gasteiger partial charge in [-0.2, -0.15) is 0 Å². The highest BCUT2D eigenvalue weighted by molar-refractivity contribution is 7.92. The van der Waals surface area contributed by atoms with Crippen molar-refractivity contribution in [3.05, 3.63) is 88.4 Å². The molecular formula is C27H28Cl2N2O4S. The van der Waals surface area contributed by atoms with Gasteiger partial charge in [-0.25, -0.2) is 8.42 Å². The fourth-order valence-electron chi connectivity index (χ4n) is 4.48. The Labute approximate surface area is 222 Å². The number of carbonyl (C=O) groups is 1. The van der Waals surface area contributed by atoms with Gasteiger partial charge in [-0.3, -0.25) is 9.10 Å². The molecule has 1 N–H and O–H groups in total. The fourth-order valence-corrected chi connectivity index (χ4v) is 6.20. The van der Waals surface area contributed by atoms with Gasteiger partial charge in [0.15, 0.2) is 0 Å². The van der Waals surface area contributed by atoms with Crippen molar-refractivity contribution in [2.45, 2.75) is 49.6 Å². The zero-order valence-corrected chi connectivity index (χ0v) is 22.4. The van der Waals surface area contributed by atoms with Crippen molar-refractivity contribution in [1.29, 1.82) is 0 Å². The van der Waals surface area contributed by atoms with Crippen LogP contribution < -0.4 is 14.4 Å². The minimum absolute atomic E-state index is 0.0660. The number of rotatable bonds is 8. The molecule has 0 spiro atoms. The molecule has 1 aliphatic heterocycles. The molecule has 0 saturated heterocycles. The smallest absolute Gasteiger partial charge is 0.264 e. The predicted molar refractivity (Wildman–Crippen MR) is 143 cm³/mol. The lowest BCUT2D eigenvalue weighted by atomic mass is 9.83. The van der Waals surface area contributed by atoms with E-state index in [0.29, 0.717) is 6.42 Å². The fraction of sp³-hybridized carbons (Fsp3) is 0.296. The van der Waals surface area contributed by atoms with E-state index in [1.54, 1.807) is 18.2 Å². The van der Waals surface area contributed by atoms with Crippen LogP contribution in [-0.2, 0) is 14.8 Å². The molecule has 1 heterocycles. The molecule has 0 saturated carbocycles. The molecule has 1 atom stereocenters. The lowest BCUT2D eigenvalue weighted by Gasteiger charge is -2.41. The van der Waals surface area contributed by atoms with Crippen molar-refractivity contribution in [1.82, 2.24) is 5.32 Å². The largest absolute Gasteiger partial charge is 0.487 e. The number of amides is 1. The molecular weight excluding hydrogens is 519 g/mol. The molecule has 1 aliphatic rings. The molecule has 9 heteroatoms. The topological polar surface area (TPSA) is 75.7 Å². The SMILES string of the molecule is CCC1(CC)CC(NC(=O)CN(c2ccc(Cl)c(Cl)c2)S(=O)(=O)c2ccccc2)c2ccccc2O1. The highest BCUT2D eigenvalue weighted by Gasteiger charge is 2.39. The summed E-state index contributed by atoms with van der Waals surface area (Å²) in [7, 11) is -4.07. The standard InChI is InChI=1S/C27H28Cl2N2O4S/c1-3-27(4-2)17-24(21-12-8-9-13-25(21)35-27)30-26(32)18-31(19-14-15-22(28)23(29)16-19)36(33,34)20-10-6-5-7-11-20/h5-16,24H,3-4,17-18H2,1-2H3,(H,30,32). The van der Waals surface area contributed by atoms with Gasteiger partial charge in [0, 0.05) is 12.0 Å². The van der Waals surface area contributed by atoms with E-state index in [-0.39, 0.29) is 26.7 Å². The zero-order valence-electron chi connectivity index (χ0n) is 20.1. The van der Waals surface area contributed by atoms with Crippen LogP contribution >= 0.6 is 23.2 Å². The second-order valence-electron chi connectivity index (χ2n) is 8.78. The van der Waals surface area contributed by atoms with Crippen molar-refractivity contribution < 1.29 is 17.9 Å². The van der Waals surface area contributed by atoms with E-state index in [1.165, 1.54) is 30.3 Å². The maximum atomic E-state index is 13.6. The third-order valence-corrected chi connectivity index (χ3v) is 9.16. The Morgan fingerprint density at radius 1 is 1.00 bits per heavy atom. The molecule has 0 bridgehead atoms. The molecule has 3 aromatic rings. The van der Waals surface area contributed by atoms with Crippen molar-refractivity contribution in [2.75, 3.05) is 10.8 Å². The number of nitrogens with one attached hydrogen (secondary N) is 1. The Kier molecular flexibility index (Phi) is 7.83. The van der Waals surface area contributed by atoms with Gasteiger partial charge < -0.3 is 10.1 Å². The summed E-state index contributed by atoms with van der Waals surface area (Å²) >= 11 is 12.3. The maximum absolute atomic E-state index is 13.6. The molecule has 36 heavy (non-hydrogen) atoms. The van der Waals surface area contributed by atoms with Crippen LogP contribution in [-0.4, -0.2) is 26.5 Å². The van der Waals surface area contributed by atoms with Crippen LogP contribution in [0.1, 0.15) is 44.7 Å². The Balaban J connectivity index is 1.66. The van der Waals surface area contributed by atoms with Gasteiger partial charge in [0.25, 0.3) is 10.0 Å². The molecule has 4 rings (SSSR count). The normalized spacial score (nSPS) is 16.5. The van der Waals surface area contributed by atoms with Gasteiger partial charge in [-0.15, -0.1) is 0 Å². The second-order valence-corrected chi connectivity index (χ2v) is 11.5. The minimum Gasteiger partial charge on any atom is -0.487 e. The van der Waals surface area contributed by atoms with Gasteiger partial charge in [0.1, 0.15) is 17.9 Å². The quantitative estimate of drug-likeness (QED) is 0.355. The maximum Gasteiger partial charge on any atom is 0.264 e. The Morgan fingerprint density at radius 3 is 2.33 bits per heavy atom. The summed E-state index contributed by atoms with van der Waals surface area (Å²) in [6.45, 7) is 3.70. The molecule has 0 aromatic heterocycles. The average Bonchev–Trinajstić information content (AvgIpc) is 2.89.